The summed E-state index contributed by atoms with van der Waals surface area (Å²) in [5.41, 5.74) is 1.01. The Morgan fingerprint density at radius 1 is 1.50 bits per heavy atom. The van der Waals surface area contributed by atoms with Gasteiger partial charge in [0.15, 0.2) is 6.10 Å². The van der Waals surface area contributed by atoms with Gasteiger partial charge in [0.25, 0.3) is 5.91 Å². The summed E-state index contributed by atoms with van der Waals surface area (Å²) in [6, 6.07) is 5.08. The summed E-state index contributed by atoms with van der Waals surface area (Å²) in [5, 5.41) is 12.0. The second-order valence-electron chi connectivity index (χ2n) is 4.29. The first kappa shape index (κ1) is 14.8. The van der Waals surface area contributed by atoms with E-state index in [1.165, 1.54) is 0 Å². The molecule has 0 saturated carbocycles. The highest BCUT2D eigenvalue weighted by Crippen LogP contribution is 2.26. The number of halogens is 1. The highest BCUT2D eigenvalue weighted by atomic mass is 35.5. The van der Waals surface area contributed by atoms with Crippen LogP contribution in [0, 0.1) is 6.92 Å². The minimum Gasteiger partial charge on any atom is -0.479 e. The van der Waals surface area contributed by atoms with Gasteiger partial charge in [-0.2, -0.15) is 0 Å². The summed E-state index contributed by atoms with van der Waals surface area (Å²) in [5.74, 6) is 0.199. The molecule has 0 aromatic heterocycles. The normalized spacial score (nSPS) is 13.8. The minimum absolute atomic E-state index is 0.107. The molecule has 2 atom stereocenters. The number of rotatable bonds is 5. The Balaban J connectivity index is 2.66. The van der Waals surface area contributed by atoms with E-state index in [-0.39, 0.29) is 18.6 Å². The maximum Gasteiger partial charge on any atom is 0.261 e. The van der Waals surface area contributed by atoms with Crippen molar-refractivity contribution in [1.82, 2.24) is 5.32 Å². The molecule has 1 aromatic carbocycles. The van der Waals surface area contributed by atoms with Crippen LogP contribution in [0.3, 0.4) is 0 Å². The molecule has 5 heteroatoms. The van der Waals surface area contributed by atoms with E-state index < -0.39 is 6.10 Å². The van der Waals surface area contributed by atoms with E-state index in [1.807, 2.05) is 13.0 Å². The highest BCUT2D eigenvalue weighted by Gasteiger charge is 2.17. The van der Waals surface area contributed by atoms with E-state index in [9.17, 15) is 4.79 Å². The second kappa shape index (κ2) is 6.61. The molecule has 2 unspecified atom stereocenters. The standard InChI is InChI=1S/C13H18ClNO3/c1-8-4-5-11(14)12(6-8)18-10(3)13(17)15-9(2)7-16/h4-6,9-10,16H,7H2,1-3H3,(H,15,17). The average Bonchev–Trinajstić information content (AvgIpc) is 2.33. The molecule has 1 rings (SSSR count). The van der Waals surface area contributed by atoms with E-state index >= 15 is 0 Å². The molecule has 0 spiro atoms. The average molecular weight is 272 g/mol. The second-order valence-corrected chi connectivity index (χ2v) is 4.69. The Labute approximate surface area is 112 Å². The van der Waals surface area contributed by atoms with Crippen LogP contribution in [-0.2, 0) is 4.79 Å². The van der Waals surface area contributed by atoms with Gasteiger partial charge in [-0.25, -0.2) is 0 Å². The number of hydrogen-bond acceptors (Lipinski definition) is 3. The summed E-state index contributed by atoms with van der Waals surface area (Å²) in [6.07, 6.45) is -0.668. The fraction of sp³-hybridized carbons (Fsp3) is 0.462. The smallest absolute Gasteiger partial charge is 0.261 e. The SMILES string of the molecule is Cc1ccc(Cl)c(OC(C)C(=O)NC(C)CO)c1. The Kier molecular flexibility index (Phi) is 5.44. The van der Waals surface area contributed by atoms with Crippen molar-refractivity contribution >= 4 is 17.5 Å². The number of nitrogens with one attached hydrogen (secondary N) is 1. The largest absolute Gasteiger partial charge is 0.479 e. The monoisotopic (exact) mass is 271 g/mol. The van der Waals surface area contributed by atoms with E-state index in [0.29, 0.717) is 10.8 Å². The number of carbonyl (C=O) groups is 1. The highest BCUT2D eigenvalue weighted by molar-refractivity contribution is 6.32. The topological polar surface area (TPSA) is 58.6 Å². The van der Waals surface area contributed by atoms with Crippen LogP contribution in [0.4, 0.5) is 0 Å². The number of aryl methyl sites for hydroxylation is 1. The van der Waals surface area contributed by atoms with Crippen molar-refractivity contribution in [3.63, 3.8) is 0 Å². The van der Waals surface area contributed by atoms with Gasteiger partial charge in [-0.3, -0.25) is 4.79 Å². The molecule has 4 nitrogen and oxygen atoms in total. The number of amides is 1. The summed E-state index contributed by atoms with van der Waals surface area (Å²) < 4.78 is 5.51. The Hall–Kier alpha value is -1.26. The van der Waals surface area contributed by atoms with Crippen LogP contribution < -0.4 is 10.1 Å². The van der Waals surface area contributed by atoms with Crippen LogP contribution in [0.25, 0.3) is 0 Å². The van der Waals surface area contributed by atoms with Gasteiger partial charge in [0.05, 0.1) is 11.6 Å². The van der Waals surface area contributed by atoms with E-state index in [1.54, 1.807) is 26.0 Å². The predicted molar refractivity (Wildman–Crippen MR) is 71.0 cm³/mol. The first-order valence-electron chi connectivity index (χ1n) is 5.78. The lowest BCUT2D eigenvalue weighted by Crippen LogP contribution is -2.42. The lowest BCUT2D eigenvalue weighted by molar-refractivity contribution is -0.128. The molecule has 18 heavy (non-hydrogen) atoms. The summed E-state index contributed by atoms with van der Waals surface area (Å²) in [4.78, 5) is 11.7. The van der Waals surface area contributed by atoms with Gasteiger partial charge in [0, 0.05) is 6.04 Å². The van der Waals surface area contributed by atoms with Crippen LogP contribution in [0.2, 0.25) is 5.02 Å². The van der Waals surface area contributed by atoms with Crippen LogP contribution in [0.1, 0.15) is 19.4 Å². The summed E-state index contributed by atoms with van der Waals surface area (Å²) in [7, 11) is 0. The molecular formula is C13H18ClNO3. The molecule has 0 bridgehead atoms. The van der Waals surface area contributed by atoms with E-state index in [2.05, 4.69) is 5.32 Å². The molecule has 1 amide bonds. The van der Waals surface area contributed by atoms with Gasteiger partial charge in [-0.1, -0.05) is 17.7 Å². The van der Waals surface area contributed by atoms with Crippen LogP contribution in [0.5, 0.6) is 5.75 Å². The number of ether oxygens (including phenoxy) is 1. The van der Waals surface area contributed by atoms with Crippen LogP contribution >= 0.6 is 11.6 Å². The molecular weight excluding hydrogens is 254 g/mol. The quantitative estimate of drug-likeness (QED) is 0.860. The van der Waals surface area contributed by atoms with Crippen molar-refractivity contribution in [2.75, 3.05) is 6.61 Å². The van der Waals surface area contributed by atoms with Gasteiger partial charge in [-0.05, 0) is 38.5 Å². The van der Waals surface area contributed by atoms with Crippen molar-refractivity contribution in [3.8, 4) is 5.75 Å². The first-order chi connectivity index (χ1) is 8.43. The fourth-order valence-corrected chi connectivity index (χ4v) is 1.51. The molecule has 0 saturated heterocycles. The lowest BCUT2D eigenvalue weighted by atomic mass is 10.2. The molecule has 0 aliphatic rings. The van der Waals surface area contributed by atoms with Gasteiger partial charge in [0.2, 0.25) is 0 Å². The number of aliphatic hydroxyl groups excluding tert-OH is 1. The zero-order valence-electron chi connectivity index (χ0n) is 10.7. The van der Waals surface area contributed by atoms with Crippen LogP contribution in [0.15, 0.2) is 18.2 Å². The number of aliphatic hydroxyl groups is 1. The van der Waals surface area contributed by atoms with Gasteiger partial charge in [-0.15, -0.1) is 0 Å². The maximum atomic E-state index is 11.7. The Morgan fingerprint density at radius 2 is 2.17 bits per heavy atom. The number of carbonyl (C=O) groups excluding carboxylic acids is 1. The van der Waals surface area contributed by atoms with Crippen molar-refractivity contribution in [1.29, 1.82) is 0 Å². The van der Waals surface area contributed by atoms with Crippen molar-refractivity contribution in [2.24, 2.45) is 0 Å². The Morgan fingerprint density at radius 3 is 2.78 bits per heavy atom. The summed E-state index contributed by atoms with van der Waals surface area (Å²) in [6.45, 7) is 5.16. The minimum atomic E-state index is -0.668. The van der Waals surface area contributed by atoms with Gasteiger partial charge in [0.1, 0.15) is 5.75 Å². The third-order valence-electron chi connectivity index (χ3n) is 2.42. The Bertz CT molecular complexity index is 423. The van der Waals surface area contributed by atoms with Crippen molar-refractivity contribution < 1.29 is 14.6 Å². The molecule has 0 fully saturated rings. The molecule has 0 heterocycles. The molecule has 0 aliphatic heterocycles. The molecule has 1 aromatic rings. The van der Waals surface area contributed by atoms with Gasteiger partial charge < -0.3 is 15.2 Å². The fourth-order valence-electron chi connectivity index (χ4n) is 1.35. The number of hydrogen-bond donors (Lipinski definition) is 2. The van der Waals surface area contributed by atoms with E-state index in [0.717, 1.165) is 5.56 Å². The first-order valence-corrected chi connectivity index (χ1v) is 6.16. The molecule has 0 aliphatic carbocycles. The number of benzene rings is 1. The molecule has 2 N–H and O–H groups in total. The van der Waals surface area contributed by atoms with Crippen LogP contribution in [-0.4, -0.2) is 29.8 Å². The third kappa shape index (κ3) is 4.20. The van der Waals surface area contributed by atoms with E-state index in [4.69, 9.17) is 21.4 Å². The zero-order valence-corrected chi connectivity index (χ0v) is 11.5. The van der Waals surface area contributed by atoms with Crippen molar-refractivity contribution in [2.45, 2.75) is 32.9 Å². The predicted octanol–water partition coefficient (Wildman–Crippen LogP) is 1.91. The molecule has 0 radical (unpaired) electrons. The lowest BCUT2D eigenvalue weighted by Gasteiger charge is -2.18. The van der Waals surface area contributed by atoms with Gasteiger partial charge >= 0.3 is 0 Å². The maximum absolute atomic E-state index is 11.7. The zero-order chi connectivity index (χ0) is 13.7. The van der Waals surface area contributed by atoms with Crippen molar-refractivity contribution in [3.05, 3.63) is 28.8 Å². The third-order valence-corrected chi connectivity index (χ3v) is 2.73. The molecule has 100 valence electrons. The summed E-state index contributed by atoms with van der Waals surface area (Å²) >= 11 is 5.98.